The van der Waals surface area contributed by atoms with E-state index in [4.69, 9.17) is 5.11 Å². The summed E-state index contributed by atoms with van der Waals surface area (Å²) in [5.41, 5.74) is 0.512. The first-order valence-corrected chi connectivity index (χ1v) is 8.05. The van der Waals surface area contributed by atoms with Crippen LogP contribution in [0, 0.1) is 11.3 Å². The molecule has 3 aliphatic rings. The topological polar surface area (TPSA) is 69.6 Å². The third kappa shape index (κ3) is 3.06. The zero-order valence-corrected chi connectivity index (χ0v) is 12.4. The van der Waals surface area contributed by atoms with Gasteiger partial charge in [-0.05, 0) is 37.5 Å². The highest BCUT2D eigenvalue weighted by Gasteiger charge is 2.38. The number of carbonyl (C=O) groups excluding carboxylic acids is 1. The van der Waals surface area contributed by atoms with Crippen molar-refractivity contribution in [2.45, 2.75) is 51.0 Å². The minimum absolute atomic E-state index is 0.0384. The molecule has 0 aromatic heterocycles. The fourth-order valence-corrected chi connectivity index (χ4v) is 4.05. The van der Waals surface area contributed by atoms with Crippen molar-refractivity contribution < 1.29 is 14.7 Å². The van der Waals surface area contributed by atoms with E-state index in [1.807, 2.05) is 4.90 Å². The molecule has 1 saturated carbocycles. The highest BCUT2D eigenvalue weighted by Crippen LogP contribution is 2.46. The Morgan fingerprint density at radius 1 is 1.10 bits per heavy atom. The molecule has 1 aliphatic heterocycles. The van der Waals surface area contributed by atoms with E-state index < -0.39 is 11.9 Å². The Labute approximate surface area is 125 Å². The fraction of sp³-hybridized carbons (Fsp3) is 0.750. The van der Waals surface area contributed by atoms with Crippen molar-refractivity contribution in [3.63, 3.8) is 0 Å². The number of piperidine rings is 1. The number of nitrogens with zero attached hydrogens (tertiary/aromatic N) is 1. The average molecular weight is 292 g/mol. The number of aliphatic carboxylic acids is 1. The molecule has 116 valence electrons. The lowest BCUT2D eigenvalue weighted by Gasteiger charge is -2.39. The maximum absolute atomic E-state index is 12.3. The molecular formula is C16H24N2O3. The van der Waals surface area contributed by atoms with E-state index in [2.05, 4.69) is 5.32 Å². The Kier molecular flexibility index (Phi) is 3.91. The second-order valence-corrected chi connectivity index (χ2v) is 6.82. The van der Waals surface area contributed by atoms with E-state index in [9.17, 15) is 9.59 Å². The molecule has 2 amide bonds. The second-order valence-electron chi connectivity index (χ2n) is 6.82. The van der Waals surface area contributed by atoms with Gasteiger partial charge in [0.05, 0.1) is 12.0 Å². The van der Waals surface area contributed by atoms with Gasteiger partial charge in [-0.3, -0.25) is 4.79 Å². The fourth-order valence-electron chi connectivity index (χ4n) is 4.05. The normalized spacial score (nSPS) is 30.8. The van der Waals surface area contributed by atoms with Crippen molar-refractivity contribution in [3.05, 3.63) is 12.2 Å². The number of carbonyl (C=O) groups is 2. The molecule has 1 saturated heterocycles. The van der Waals surface area contributed by atoms with Gasteiger partial charge in [0.1, 0.15) is 0 Å². The van der Waals surface area contributed by atoms with Crippen molar-refractivity contribution in [1.82, 2.24) is 10.2 Å². The SMILES string of the molecule is O=C(O)C1C=CC(NC(=O)N2CCC3(CCCC3)CC2)C1. The molecule has 2 atom stereocenters. The van der Waals surface area contributed by atoms with Crippen LogP contribution in [0.1, 0.15) is 44.9 Å². The monoisotopic (exact) mass is 292 g/mol. The van der Waals surface area contributed by atoms with Crippen molar-refractivity contribution in [2.75, 3.05) is 13.1 Å². The van der Waals surface area contributed by atoms with Gasteiger partial charge < -0.3 is 15.3 Å². The van der Waals surface area contributed by atoms with Crippen molar-refractivity contribution >= 4 is 12.0 Å². The predicted molar refractivity (Wildman–Crippen MR) is 78.9 cm³/mol. The molecule has 21 heavy (non-hydrogen) atoms. The van der Waals surface area contributed by atoms with Gasteiger partial charge >= 0.3 is 12.0 Å². The Bertz CT molecular complexity index is 444. The average Bonchev–Trinajstić information content (AvgIpc) is 3.10. The zero-order chi connectivity index (χ0) is 14.9. The molecule has 5 nitrogen and oxygen atoms in total. The Morgan fingerprint density at radius 2 is 1.76 bits per heavy atom. The quantitative estimate of drug-likeness (QED) is 0.768. The lowest BCUT2D eigenvalue weighted by Crippen LogP contribution is -2.49. The van der Waals surface area contributed by atoms with E-state index in [1.54, 1.807) is 12.2 Å². The minimum atomic E-state index is -0.816. The molecule has 2 fully saturated rings. The standard InChI is InChI=1S/C16H24N2O3/c19-14(20)12-3-4-13(11-12)17-15(21)18-9-7-16(8-10-18)5-1-2-6-16/h3-4,12-13H,1-2,5-11H2,(H,17,21)(H,19,20). The summed E-state index contributed by atoms with van der Waals surface area (Å²) in [6, 6.07) is -0.176. The third-order valence-corrected chi connectivity index (χ3v) is 5.49. The van der Waals surface area contributed by atoms with Gasteiger partial charge in [-0.1, -0.05) is 25.0 Å². The number of hydrogen-bond donors (Lipinski definition) is 2. The summed E-state index contributed by atoms with van der Waals surface area (Å²) in [6.07, 6.45) is 11.5. The first kappa shape index (κ1) is 14.4. The van der Waals surface area contributed by atoms with Gasteiger partial charge in [-0.2, -0.15) is 0 Å². The zero-order valence-electron chi connectivity index (χ0n) is 12.4. The minimum Gasteiger partial charge on any atom is -0.481 e. The molecule has 2 N–H and O–H groups in total. The van der Waals surface area contributed by atoms with Crippen LogP contribution in [0.4, 0.5) is 4.79 Å². The number of urea groups is 1. The maximum Gasteiger partial charge on any atom is 0.317 e. The van der Waals surface area contributed by atoms with Crippen molar-refractivity contribution in [1.29, 1.82) is 0 Å². The van der Waals surface area contributed by atoms with Crippen LogP contribution in [0.5, 0.6) is 0 Å². The van der Waals surface area contributed by atoms with E-state index in [-0.39, 0.29) is 12.1 Å². The van der Waals surface area contributed by atoms with Crippen LogP contribution in [-0.2, 0) is 4.79 Å². The van der Waals surface area contributed by atoms with E-state index in [1.165, 1.54) is 25.7 Å². The lowest BCUT2D eigenvalue weighted by molar-refractivity contribution is -0.140. The Hall–Kier alpha value is -1.52. The Morgan fingerprint density at radius 3 is 2.33 bits per heavy atom. The molecule has 2 unspecified atom stereocenters. The number of rotatable bonds is 2. The van der Waals surface area contributed by atoms with Crippen LogP contribution in [0.25, 0.3) is 0 Å². The second kappa shape index (κ2) is 5.70. The van der Waals surface area contributed by atoms with E-state index in [0.29, 0.717) is 11.8 Å². The number of amides is 2. The van der Waals surface area contributed by atoms with Gasteiger partial charge in [0, 0.05) is 13.1 Å². The first-order chi connectivity index (χ1) is 10.1. The summed E-state index contributed by atoms with van der Waals surface area (Å²) in [6.45, 7) is 1.68. The summed E-state index contributed by atoms with van der Waals surface area (Å²) in [4.78, 5) is 25.1. The van der Waals surface area contributed by atoms with E-state index >= 15 is 0 Å². The van der Waals surface area contributed by atoms with Crippen molar-refractivity contribution in [2.24, 2.45) is 11.3 Å². The maximum atomic E-state index is 12.3. The molecule has 5 heteroatoms. The third-order valence-electron chi connectivity index (χ3n) is 5.49. The largest absolute Gasteiger partial charge is 0.481 e. The van der Waals surface area contributed by atoms with Crippen LogP contribution in [0.3, 0.4) is 0 Å². The molecular weight excluding hydrogens is 268 g/mol. The first-order valence-electron chi connectivity index (χ1n) is 8.05. The number of hydrogen-bond acceptors (Lipinski definition) is 2. The summed E-state index contributed by atoms with van der Waals surface area (Å²) in [5, 5.41) is 11.9. The van der Waals surface area contributed by atoms with Crippen LogP contribution < -0.4 is 5.32 Å². The molecule has 2 aliphatic carbocycles. The highest BCUT2D eigenvalue weighted by atomic mass is 16.4. The van der Waals surface area contributed by atoms with Gasteiger partial charge in [-0.15, -0.1) is 0 Å². The highest BCUT2D eigenvalue weighted by molar-refractivity contribution is 5.76. The van der Waals surface area contributed by atoms with Gasteiger partial charge in [-0.25, -0.2) is 4.79 Å². The van der Waals surface area contributed by atoms with Crippen LogP contribution in [0.15, 0.2) is 12.2 Å². The van der Waals surface area contributed by atoms with Crippen LogP contribution >= 0.6 is 0 Å². The van der Waals surface area contributed by atoms with Crippen molar-refractivity contribution in [3.8, 4) is 0 Å². The van der Waals surface area contributed by atoms with Gasteiger partial charge in [0.15, 0.2) is 0 Å². The molecule has 0 aromatic rings. The number of carboxylic acid groups (broad SMARTS) is 1. The molecule has 0 radical (unpaired) electrons. The molecule has 1 spiro atoms. The van der Waals surface area contributed by atoms with Gasteiger partial charge in [0.2, 0.25) is 0 Å². The summed E-state index contributed by atoms with van der Waals surface area (Å²) in [5.74, 6) is -1.28. The molecule has 0 aromatic carbocycles. The predicted octanol–water partition coefficient (Wildman–Crippen LogP) is 2.38. The summed E-state index contributed by atoms with van der Waals surface area (Å²) < 4.78 is 0. The smallest absolute Gasteiger partial charge is 0.317 e. The number of nitrogens with one attached hydrogen (secondary N) is 1. The van der Waals surface area contributed by atoms with Gasteiger partial charge in [0.25, 0.3) is 0 Å². The van der Waals surface area contributed by atoms with E-state index in [0.717, 1.165) is 25.9 Å². The van der Waals surface area contributed by atoms with Crippen LogP contribution in [-0.4, -0.2) is 41.1 Å². The van der Waals surface area contributed by atoms with Crippen LogP contribution in [0.2, 0.25) is 0 Å². The summed E-state index contributed by atoms with van der Waals surface area (Å²) >= 11 is 0. The summed E-state index contributed by atoms with van der Waals surface area (Å²) in [7, 11) is 0. The lowest BCUT2D eigenvalue weighted by atomic mass is 9.77. The Balaban J connectivity index is 1.47. The molecule has 0 bridgehead atoms. The number of carboxylic acids is 1. The molecule has 1 heterocycles. The molecule has 3 rings (SSSR count). The number of likely N-dealkylation sites (tertiary alicyclic amines) is 1.